The van der Waals surface area contributed by atoms with Crippen molar-refractivity contribution in [3.8, 4) is 11.8 Å². The predicted molar refractivity (Wildman–Crippen MR) is 82.8 cm³/mol. The van der Waals surface area contributed by atoms with Gasteiger partial charge in [-0.1, -0.05) is 6.42 Å². The molecule has 0 aromatic heterocycles. The van der Waals surface area contributed by atoms with Gasteiger partial charge in [0.1, 0.15) is 18.4 Å². The number of nitro groups is 1. The highest BCUT2D eigenvalue weighted by molar-refractivity contribution is 5.49. The molecule has 1 aliphatic rings. The summed E-state index contributed by atoms with van der Waals surface area (Å²) in [4.78, 5) is 12.7. The van der Waals surface area contributed by atoms with Crippen LogP contribution in [0.2, 0.25) is 0 Å². The van der Waals surface area contributed by atoms with Crippen molar-refractivity contribution in [2.45, 2.75) is 45.2 Å². The van der Waals surface area contributed by atoms with E-state index < -0.39 is 4.92 Å². The van der Waals surface area contributed by atoms with E-state index in [-0.39, 0.29) is 11.4 Å². The van der Waals surface area contributed by atoms with Crippen molar-refractivity contribution < 1.29 is 9.66 Å². The maximum atomic E-state index is 10.8. The van der Waals surface area contributed by atoms with Crippen molar-refractivity contribution in [3.63, 3.8) is 0 Å². The van der Waals surface area contributed by atoms with Crippen LogP contribution in [-0.2, 0) is 0 Å². The van der Waals surface area contributed by atoms with Gasteiger partial charge in [0.15, 0.2) is 0 Å². The zero-order chi connectivity index (χ0) is 16.1. The number of non-ortho nitro benzene ring substituents is 1. The Balaban J connectivity index is 2.00. The van der Waals surface area contributed by atoms with Crippen LogP contribution in [0.15, 0.2) is 18.2 Å². The number of nitro benzene ring substituents is 1. The van der Waals surface area contributed by atoms with Gasteiger partial charge in [-0.15, -0.1) is 0 Å². The van der Waals surface area contributed by atoms with E-state index in [1.807, 2.05) is 6.07 Å². The van der Waals surface area contributed by atoms with Gasteiger partial charge in [0.05, 0.1) is 16.6 Å². The maximum absolute atomic E-state index is 10.8. The number of rotatable bonds is 5. The number of nitrogens with zero attached hydrogens (tertiary/aromatic N) is 3. The van der Waals surface area contributed by atoms with Gasteiger partial charge in [-0.2, -0.15) is 5.26 Å². The van der Waals surface area contributed by atoms with Gasteiger partial charge in [-0.25, -0.2) is 0 Å². The molecule has 118 valence electrons. The molecular weight excluding hydrogens is 282 g/mol. The zero-order valence-electron chi connectivity index (χ0n) is 13.0. The molecule has 1 aliphatic heterocycles. The zero-order valence-corrected chi connectivity index (χ0v) is 13.0. The Labute approximate surface area is 130 Å². The molecule has 6 heteroatoms. The number of hydrogen-bond acceptors (Lipinski definition) is 5. The average Bonchev–Trinajstić information content (AvgIpc) is 2.50. The van der Waals surface area contributed by atoms with Gasteiger partial charge in [0.2, 0.25) is 0 Å². The molecule has 0 spiro atoms. The molecule has 22 heavy (non-hydrogen) atoms. The third-order valence-corrected chi connectivity index (χ3v) is 4.28. The Morgan fingerprint density at radius 1 is 1.41 bits per heavy atom. The highest BCUT2D eigenvalue weighted by atomic mass is 16.6. The lowest BCUT2D eigenvalue weighted by molar-refractivity contribution is -0.384. The monoisotopic (exact) mass is 303 g/mol. The number of piperidine rings is 1. The lowest BCUT2D eigenvalue weighted by Gasteiger charge is -2.38. The highest BCUT2D eigenvalue weighted by Gasteiger charge is 2.24. The molecule has 1 aromatic carbocycles. The molecule has 0 amide bonds. The lowest BCUT2D eigenvalue weighted by Crippen LogP contribution is -2.45. The Morgan fingerprint density at radius 2 is 2.09 bits per heavy atom. The van der Waals surface area contributed by atoms with Crippen LogP contribution in [0.25, 0.3) is 0 Å². The van der Waals surface area contributed by atoms with E-state index in [1.165, 1.54) is 37.5 Å². The highest BCUT2D eigenvalue weighted by Crippen LogP contribution is 2.25. The summed E-state index contributed by atoms with van der Waals surface area (Å²) in [5.41, 5.74) is 0.263. The minimum absolute atomic E-state index is 0.0614. The van der Waals surface area contributed by atoms with E-state index >= 15 is 0 Å². The van der Waals surface area contributed by atoms with Gasteiger partial charge in [0.25, 0.3) is 5.69 Å². The quantitative estimate of drug-likeness (QED) is 0.617. The molecule has 1 heterocycles. The number of benzene rings is 1. The topological polar surface area (TPSA) is 79.4 Å². The van der Waals surface area contributed by atoms with Crippen molar-refractivity contribution in [1.82, 2.24) is 4.90 Å². The van der Waals surface area contributed by atoms with Crippen LogP contribution < -0.4 is 4.74 Å². The minimum atomic E-state index is -0.483. The Kier molecular flexibility index (Phi) is 5.34. The second kappa shape index (κ2) is 7.23. The molecular formula is C16H21N3O3. The van der Waals surface area contributed by atoms with E-state index in [2.05, 4.69) is 18.7 Å². The summed E-state index contributed by atoms with van der Waals surface area (Å²) in [7, 11) is 0. The largest absolute Gasteiger partial charge is 0.491 e. The van der Waals surface area contributed by atoms with Crippen molar-refractivity contribution in [2.24, 2.45) is 0 Å². The van der Waals surface area contributed by atoms with Crippen molar-refractivity contribution in [2.75, 3.05) is 13.2 Å². The van der Waals surface area contributed by atoms with Crippen LogP contribution >= 0.6 is 0 Å². The van der Waals surface area contributed by atoms with Gasteiger partial charge in [0, 0.05) is 24.7 Å². The third-order valence-electron chi connectivity index (χ3n) is 4.28. The second-order valence-corrected chi connectivity index (χ2v) is 5.76. The first kappa shape index (κ1) is 16.2. The smallest absolute Gasteiger partial charge is 0.273 e. The molecule has 0 unspecified atom stereocenters. The van der Waals surface area contributed by atoms with Crippen LogP contribution in [0.4, 0.5) is 5.69 Å². The number of nitriles is 1. The maximum Gasteiger partial charge on any atom is 0.273 e. The molecule has 2 rings (SSSR count). The molecule has 0 saturated carbocycles. The lowest BCUT2D eigenvalue weighted by atomic mass is 9.98. The molecule has 0 aliphatic carbocycles. The van der Waals surface area contributed by atoms with Crippen molar-refractivity contribution in [1.29, 1.82) is 5.26 Å². The van der Waals surface area contributed by atoms with E-state index in [4.69, 9.17) is 10.00 Å². The molecule has 1 fully saturated rings. The van der Waals surface area contributed by atoms with E-state index in [0.29, 0.717) is 24.3 Å². The average molecular weight is 303 g/mol. The van der Waals surface area contributed by atoms with Crippen LogP contribution in [0.1, 0.15) is 38.7 Å². The summed E-state index contributed by atoms with van der Waals surface area (Å²) in [6, 6.07) is 7.12. The summed E-state index contributed by atoms with van der Waals surface area (Å²) in [5.74, 6) is 0.286. The van der Waals surface area contributed by atoms with Crippen molar-refractivity contribution in [3.05, 3.63) is 33.9 Å². The van der Waals surface area contributed by atoms with Gasteiger partial charge in [-0.05, 0) is 32.8 Å². The summed E-state index contributed by atoms with van der Waals surface area (Å²) in [5, 5.41) is 19.9. The van der Waals surface area contributed by atoms with E-state index in [9.17, 15) is 10.1 Å². The van der Waals surface area contributed by atoms with Crippen LogP contribution in [0.5, 0.6) is 5.75 Å². The Morgan fingerprint density at radius 3 is 2.68 bits per heavy atom. The number of hydrogen-bond donors (Lipinski definition) is 0. The minimum Gasteiger partial charge on any atom is -0.491 e. The van der Waals surface area contributed by atoms with Crippen LogP contribution in [-0.4, -0.2) is 35.1 Å². The van der Waals surface area contributed by atoms with E-state index in [1.54, 1.807) is 0 Å². The van der Waals surface area contributed by atoms with Crippen LogP contribution in [0, 0.1) is 21.4 Å². The summed E-state index contributed by atoms with van der Waals surface area (Å²) in [6.07, 6.45) is 3.62. The fraction of sp³-hybridized carbons (Fsp3) is 0.562. The Hall–Kier alpha value is -2.13. The second-order valence-electron chi connectivity index (χ2n) is 5.76. The summed E-state index contributed by atoms with van der Waals surface area (Å²) in [6.45, 7) is 5.61. The van der Waals surface area contributed by atoms with Crippen molar-refractivity contribution >= 4 is 5.69 Å². The van der Waals surface area contributed by atoms with Gasteiger partial charge >= 0.3 is 0 Å². The Bertz CT molecular complexity index is 572. The molecule has 0 radical (unpaired) electrons. The fourth-order valence-corrected chi connectivity index (χ4v) is 3.01. The first-order chi connectivity index (χ1) is 10.5. The van der Waals surface area contributed by atoms with E-state index in [0.717, 1.165) is 6.54 Å². The van der Waals surface area contributed by atoms with Gasteiger partial charge < -0.3 is 4.74 Å². The summed E-state index contributed by atoms with van der Waals surface area (Å²) >= 11 is 0. The predicted octanol–water partition coefficient (Wildman–Crippen LogP) is 3.11. The standard InChI is InChI=1S/C16H21N3O3/c1-12-4-3-5-13(2)18(12)8-9-22-16-10-15(19(20)21)7-6-14(16)11-17/h6-7,10,12-13H,3-5,8-9H2,1-2H3/t12-,13+. The number of likely N-dealkylation sites (tertiary alicyclic amines) is 1. The summed E-state index contributed by atoms with van der Waals surface area (Å²) < 4.78 is 5.65. The van der Waals surface area contributed by atoms with Gasteiger partial charge in [-0.3, -0.25) is 15.0 Å². The molecule has 2 atom stereocenters. The molecule has 0 N–H and O–H groups in total. The molecule has 0 bridgehead atoms. The first-order valence-electron chi connectivity index (χ1n) is 7.60. The molecule has 6 nitrogen and oxygen atoms in total. The van der Waals surface area contributed by atoms with Crippen LogP contribution in [0.3, 0.4) is 0 Å². The first-order valence-corrected chi connectivity index (χ1v) is 7.60. The third kappa shape index (κ3) is 3.74. The number of ether oxygens (including phenoxy) is 1. The molecule has 1 saturated heterocycles. The fourth-order valence-electron chi connectivity index (χ4n) is 3.01. The molecule has 1 aromatic rings. The SMILES string of the molecule is C[C@@H]1CCC[C@H](C)N1CCOc1cc([N+](=O)[O-])ccc1C#N. The normalized spacial score (nSPS) is 22.0.